The Kier molecular flexibility index (Phi) is 4.53. The van der Waals surface area contributed by atoms with Gasteiger partial charge in [-0.3, -0.25) is 9.78 Å². The molecule has 1 heterocycles. The van der Waals surface area contributed by atoms with E-state index in [1.807, 2.05) is 18.2 Å². The maximum absolute atomic E-state index is 11.4. The first-order valence-corrected chi connectivity index (χ1v) is 6.43. The Balaban J connectivity index is 2.14. The molecule has 0 amide bonds. The first-order valence-electron chi connectivity index (χ1n) is 6.05. The monoisotopic (exact) mass is 275 g/mol. The summed E-state index contributed by atoms with van der Waals surface area (Å²) in [6.45, 7) is 0. The molecule has 3 nitrogen and oxygen atoms in total. The van der Waals surface area contributed by atoms with Crippen molar-refractivity contribution in [3.8, 4) is 0 Å². The molecule has 0 saturated carbocycles. The Hall–Kier alpha value is -1.87. The largest absolute Gasteiger partial charge is 0.481 e. The van der Waals surface area contributed by atoms with Crippen LogP contribution >= 0.6 is 11.6 Å². The van der Waals surface area contributed by atoms with Crippen LogP contribution in [0.4, 0.5) is 0 Å². The Labute approximate surface area is 116 Å². The predicted molar refractivity (Wildman–Crippen MR) is 74.4 cm³/mol. The van der Waals surface area contributed by atoms with Crippen LogP contribution < -0.4 is 0 Å². The number of hydrogen-bond donors (Lipinski definition) is 1. The summed E-state index contributed by atoms with van der Waals surface area (Å²) >= 11 is 6.07. The van der Waals surface area contributed by atoms with Crippen molar-refractivity contribution in [3.63, 3.8) is 0 Å². The molecule has 0 spiro atoms. The van der Waals surface area contributed by atoms with Crippen LogP contribution in [0.3, 0.4) is 0 Å². The van der Waals surface area contributed by atoms with E-state index >= 15 is 0 Å². The minimum atomic E-state index is -0.857. The third-order valence-corrected chi connectivity index (χ3v) is 3.34. The molecule has 4 heteroatoms. The van der Waals surface area contributed by atoms with Crippen molar-refractivity contribution >= 4 is 17.6 Å². The third-order valence-electron chi connectivity index (χ3n) is 2.99. The topological polar surface area (TPSA) is 50.2 Å². The molecule has 1 aromatic carbocycles. The lowest BCUT2D eigenvalue weighted by molar-refractivity contribution is -0.138. The Bertz CT molecular complexity index is 557. The zero-order valence-corrected chi connectivity index (χ0v) is 11.0. The average Bonchev–Trinajstić information content (AvgIpc) is 2.42. The van der Waals surface area contributed by atoms with Gasteiger partial charge in [-0.05, 0) is 36.6 Å². The Morgan fingerprint density at radius 2 is 1.95 bits per heavy atom. The van der Waals surface area contributed by atoms with E-state index in [9.17, 15) is 9.90 Å². The van der Waals surface area contributed by atoms with Gasteiger partial charge >= 0.3 is 5.97 Å². The van der Waals surface area contributed by atoms with E-state index in [2.05, 4.69) is 4.98 Å². The van der Waals surface area contributed by atoms with Crippen LogP contribution in [-0.4, -0.2) is 16.1 Å². The molecule has 0 bridgehead atoms. The second-order valence-electron chi connectivity index (χ2n) is 4.27. The zero-order chi connectivity index (χ0) is 13.7. The van der Waals surface area contributed by atoms with Gasteiger partial charge in [-0.15, -0.1) is 0 Å². The lowest BCUT2D eigenvalue weighted by atomic mass is 9.93. The van der Waals surface area contributed by atoms with E-state index in [0.717, 1.165) is 5.69 Å². The quantitative estimate of drug-likeness (QED) is 0.908. The highest BCUT2D eigenvalue weighted by atomic mass is 35.5. The number of carboxylic acids is 1. The molecule has 1 atom stereocenters. The van der Waals surface area contributed by atoms with E-state index in [-0.39, 0.29) is 0 Å². The lowest BCUT2D eigenvalue weighted by Crippen LogP contribution is -2.13. The number of benzene rings is 1. The van der Waals surface area contributed by atoms with Gasteiger partial charge < -0.3 is 5.11 Å². The van der Waals surface area contributed by atoms with Gasteiger partial charge in [0.15, 0.2) is 0 Å². The molecule has 2 aromatic rings. The molecule has 0 saturated heterocycles. The van der Waals surface area contributed by atoms with Crippen LogP contribution in [0, 0.1) is 0 Å². The van der Waals surface area contributed by atoms with Crippen LogP contribution in [0.15, 0.2) is 48.7 Å². The molecule has 0 aliphatic heterocycles. The van der Waals surface area contributed by atoms with E-state index in [4.69, 9.17) is 11.6 Å². The number of halogens is 1. The van der Waals surface area contributed by atoms with E-state index in [1.54, 1.807) is 30.5 Å². The second-order valence-corrected chi connectivity index (χ2v) is 4.68. The minimum Gasteiger partial charge on any atom is -0.481 e. The van der Waals surface area contributed by atoms with Crippen molar-refractivity contribution in [2.24, 2.45) is 0 Å². The summed E-state index contributed by atoms with van der Waals surface area (Å²) in [6, 6.07) is 12.7. The molecule has 0 fully saturated rings. The van der Waals surface area contributed by atoms with Crippen molar-refractivity contribution in [2.75, 3.05) is 0 Å². The zero-order valence-electron chi connectivity index (χ0n) is 10.3. The fourth-order valence-corrected chi connectivity index (χ4v) is 2.28. The van der Waals surface area contributed by atoms with Gasteiger partial charge in [0.25, 0.3) is 0 Å². The van der Waals surface area contributed by atoms with Gasteiger partial charge in [0.1, 0.15) is 0 Å². The van der Waals surface area contributed by atoms with Crippen molar-refractivity contribution in [2.45, 2.75) is 18.8 Å². The Morgan fingerprint density at radius 3 is 2.58 bits per heavy atom. The standard InChI is InChI=1S/C15H14ClNO2/c16-14-7-2-1-6-12(14)13(15(18)19)9-8-11-5-3-4-10-17-11/h1-7,10,13H,8-9H2,(H,18,19). The summed E-state index contributed by atoms with van der Waals surface area (Å²) in [5.74, 6) is -1.46. The molecule has 98 valence electrons. The lowest BCUT2D eigenvalue weighted by Gasteiger charge is -2.13. The number of hydrogen-bond acceptors (Lipinski definition) is 2. The highest BCUT2D eigenvalue weighted by Gasteiger charge is 2.21. The summed E-state index contributed by atoms with van der Waals surface area (Å²) in [5, 5.41) is 9.85. The average molecular weight is 276 g/mol. The predicted octanol–water partition coefficient (Wildman–Crippen LogP) is 3.54. The second kappa shape index (κ2) is 6.34. The van der Waals surface area contributed by atoms with Crippen LogP contribution in [0.5, 0.6) is 0 Å². The molecule has 19 heavy (non-hydrogen) atoms. The molecule has 1 unspecified atom stereocenters. The van der Waals surface area contributed by atoms with Gasteiger partial charge in [-0.1, -0.05) is 35.9 Å². The first-order chi connectivity index (χ1) is 9.18. The van der Waals surface area contributed by atoms with Crippen molar-refractivity contribution in [1.29, 1.82) is 0 Å². The smallest absolute Gasteiger partial charge is 0.311 e. The summed E-state index contributed by atoms with van der Waals surface area (Å²) in [6.07, 6.45) is 2.81. The first kappa shape index (κ1) is 13.6. The number of rotatable bonds is 5. The number of carbonyl (C=O) groups is 1. The highest BCUT2D eigenvalue weighted by molar-refractivity contribution is 6.31. The fraction of sp³-hybridized carbons (Fsp3) is 0.200. The fourth-order valence-electron chi connectivity index (χ4n) is 2.01. The Morgan fingerprint density at radius 1 is 1.21 bits per heavy atom. The summed E-state index contributed by atoms with van der Waals surface area (Å²) < 4.78 is 0. The minimum absolute atomic E-state index is 0.482. The van der Waals surface area contributed by atoms with Crippen LogP contribution in [0.25, 0.3) is 0 Å². The van der Waals surface area contributed by atoms with E-state index in [0.29, 0.717) is 23.4 Å². The number of pyridine rings is 1. The summed E-state index contributed by atoms with van der Waals surface area (Å²) in [5.41, 5.74) is 1.55. The van der Waals surface area contributed by atoms with Crippen LogP contribution in [-0.2, 0) is 11.2 Å². The van der Waals surface area contributed by atoms with Gasteiger partial charge in [-0.2, -0.15) is 0 Å². The maximum Gasteiger partial charge on any atom is 0.311 e. The van der Waals surface area contributed by atoms with Gasteiger partial charge in [0, 0.05) is 16.9 Å². The normalized spacial score (nSPS) is 12.1. The SMILES string of the molecule is O=C(O)C(CCc1ccccn1)c1ccccc1Cl. The summed E-state index contributed by atoms with van der Waals surface area (Å²) in [4.78, 5) is 15.6. The summed E-state index contributed by atoms with van der Waals surface area (Å²) in [7, 11) is 0. The maximum atomic E-state index is 11.4. The molecule has 0 aliphatic carbocycles. The van der Waals surface area contributed by atoms with Crippen molar-refractivity contribution < 1.29 is 9.90 Å². The van der Waals surface area contributed by atoms with E-state index in [1.165, 1.54) is 0 Å². The molecular formula is C15H14ClNO2. The number of aryl methyl sites for hydroxylation is 1. The van der Waals surface area contributed by atoms with Gasteiger partial charge in [-0.25, -0.2) is 0 Å². The molecular weight excluding hydrogens is 262 g/mol. The number of nitrogens with zero attached hydrogens (tertiary/aromatic N) is 1. The molecule has 0 aliphatic rings. The number of aromatic nitrogens is 1. The van der Waals surface area contributed by atoms with Crippen molar-refractivity contribution in [1.82, 2.24) is 4.98 Å². The number of aliphatic carboxylic acids is 1. The molecule has 1 N–H and O–H groups in total. The van der Waals surface area contributed by atoms with Crippen LogP contribution in [0.1, 0.15) is 23.6 Å². The molecule has 1 aromatic heterocycles. The van der Waals surface area contributed by atoms with Crippen molar-refractivity contribution in [3.05, 3.63) is 64.9 Å². The third kappa shape index (κ3) is 3.55. The van der Waals surface area contributed by atoms with Gasteiger partial charge in [0.2, 0.25) is 0 Å². The highest BCUT2D eigenvalue weighted by Crippen LogP contribution is 2.28. The number of carboxylic acid groups (broad SMARTS) is 1. The van der Waals surface area contributed by atoms with E-state index < -0.39 is 11.9 Å². The molecule has 2 rings (SSSR count). The van der Waals surface area contributed by atoms with Gasteiger partial charge in [0.05, 0.1) is 5.92 Å². The van der Waals surface area contributed by atoms with Crippen LogP contribution in [0.2, 0.25) is 5.02 Å². The molecule has 0 radical (unpaired) electrons.